The topological polar surface area (TPSA) is 122 Å². The first-order chi connectivity index (χ1) is 10.2. The molecule has 0 bridgehead atoms. The second-order valence-electron chi connectivity index (χ2n) is 5.58. The number of aromatic nitrogens is 1. The van der Waals surface area contributed by atoms with Crippen molar-refractivity contribution in [2.24, 2.45) is 5.92 Å². The lowest BCUT2D eigenvalue weighted by molar-refractivity contribution is -0.123. The van der Waals surface area contributed by atoms with E-state index in [-0.39, 0.29) is 40.4 Å². The van der Waals surface area contributed by atoms with E-state index in [9.17, 15) is 21.6 Å². The summed E-state index contributed by atoms with van der Waals surface area (Å²) in [5.41, 5.74) is 0.219. The van der Waals surface area contributed by atoms with Crippen molar-refractivity contribution < 1.29 is 26.4 Å². The van der Waals surface area contributed by atoms with E-state index in [1.807, 2.05) is 11.6 Å². The van der Waals surface area contributed by atoms with Crippen molar-refractivity contribution in [3.8, 4) is 0 Å². The van der Waals surface area contributed by atoms with Gasteiger partial charge in [-0.25, -0.2) is 13.1 Å². The number of ether oxygens (including phenoxy) is 1. The first-order valence-electron chi connectivity index (χ1n) is 6.82. The highest BCUT2D eigenvalue weighted by atomic mass is 32.2. The third-order valence-corrected chi connectivity index (χ3v) is 7.08. The minimum absolute atomic E-state index is 0.00172. The molecular weight excluding hydrogens is 332 g/mol. The predicted molar refractivity (Wildman–Crippen MR) is 75.4 cm³/mol. The number of fused-ring (bicyclic) bond motifs is 1. The average molecular weight is 348 g/mol. The van der Waals surface area contributed by atoms with Gasteiger partial charge in [-0.05, 0) is 19.8 Å². The van der Waals surface area contributed by atoms with Gasteiger partial charge in [0.25, 0.3) is 10.0 Å². The normalized spacial score (nSPS) is 26.8. The summed E-state index contributed by atoms with van der Waals surface area (Å²) in [6.45, 7) is 1.99. The third kappa shape index (κ3) is 2.55. The number of carbonyl (C=O) groups excluding carboxylic acids is 1. The van der Waals surface area contributed by atoms with Gasteiger partial charge in [0.15, 0.2) is 14.9 Å². The van der Waals surface area contributed by atoms with Crippen LogP contribution in [-0.4, -0.2) is 46.2 Å². The fraction of sp³-hybridized carbons (Fsp3) is 0.583. The van der Waals surface area contributed by atoms with E-state index >= 15 is 0 Å². The van der Waals surface area contributed by atoms with Gasteiger partial charge in [-0.15, -0.1) is 0 Å². The Morgan fingerprint density at radius 2 is 2.18 bits per heavy atom. The Hall–Kier alpha value is -1.39. The number of hydrogen-bond acceptors (Lipinski definition) is 6. The van der Waals surface area contributed by atoms with Gasteiger partial charge in [0.1, 0.15) is 0 Å². The first-order valence-corrected chi connectivity index (χ1v) is 9.95. The number of hydrogen-bond donors (Lipinski definition) is 2. The molecule has 1 fully saturated rings. The molecule has 2 unspecified atom stereocenters. The Morgan fingerprint density at radius 3 is 2.82 bits per heavy atom. The molecule has 8 nitrogen and oxygen atoms in total. The van der Waals surface area contributed by atoms with Crippen molar-refractivity contribution in [3.63, 3.8) is 0 Å². The number of amides is 1. The van der Waals surface area contributed by atoms with Crippen LogP contribution in [0.2, 0.25) is 0 Å². The van der Waals surface area contributed by atoms with Crippen LogP contribution in [0.25, 0.3) is 0 Å². The molecule has 0 aliphatic carbocycles. The molecule has 1 amide bonds. The Balaban J connectivity index is 1.84. The van der Waals surface area contributed by atoms with E-state index in [0.29, 0.717) is 6.42 Å². The van der Waals surface area contributed by atoms with Crippen LogP contribution in [0.15, 0.2) is 16.1 Å². The van der Waals surface area contributed by atoms with Gasteiger partial charge in [-0.2, -0.15) is 8.42 Å². The van der Waals surface area contributed by atoms with E-state index in [0.717, 1.165) is 6.20 Å². The minimum atomic E-state index is -4.12. The van der Waals surface area contributed by atoms with Crippen LogP contribution in [-0.2, 0) is 35.8 Å². The Morgan fingerprint density at radius 1 is 1.45 bits per heavy atom. The fourth-order valence-electron chi connectivity index (χ4n) is 2.78. The smallest absolute Gasteiger partial charge is 0.279 e. The van der Waals surface area contributed by atoms with Crippen LogP contribution in [0.3, 0.4) is 0 Å². The summed E-state index contributed by atoms with van der Waals surface area (Å²) in [5.74, 6) is -1.26. The summed E-state index contributed by atoms with van der Waals surface area (Å²) < 4.78 is 55.4. The molecule has 0 spiro atoms. The van der Waals surface area contributed by atoms with Gasteiger partial charge in [0.2, 0.25) is 5.91 Å². The average Bonchev–Trinajstić information content (AvgIpc) is 3.07. The molecule has 2 atom stereocenters. The number of rotatable bonds is 3. The molecule has 1 saturated heterocycles. The van der Waals surface area contributed by atoms with Crippen molar-refractivity contribution in [2.45, 2.75) is 35.8 Å². The van der Waals surface area contributed by atoms with Gasteiger partial charge in [-0.3, -0.25) is 4.79 Å². The van der Waals surface area contributed by atoms with E-state index in [1.165, 1.54) is 0 Å². The molecule has 0 aromatic carbocycles. The highest BCUT2D eigenvalue weighted by molar-refractivity contribution is 7.92. The molecule has 2 aliphatic rings. The molecule has 0 radical (unpaired) electrons. The molecule has 3 rings (SSSR count). The lowest BCUT2D eigenvalue weighted by Crippen LogP contribution is -2.36. The zero-order chi connectivity index (χ0) is 16.1. The summed E-state index contributed by atoms with van der Waals surface area (Å²) in [5, 5.41) is -0.246. The number of carbonyl (C=O) groups is 1. The van der Waals surface area contributed by atoms with E-state index in [2.05, 4.69) is 4.98 Å². The zero-order valence-corrected chi connectivity index (χ0v) is 13.5. The van der Waals surface area contributed by atoms with Gasteiger partial charge in [0, 0.05) is 11.8 Å². The SMILES string of the molecule is CC1CC(C(=O)NS(=O)(=O)c2[nH]cc3c2CCS3(=O)=O)CO1. The second-order valence-corrected chi connectivity index (χ2v) is 9.27. The predicted octanol–water partition coefficient (Wildman–Crippen LogP) is -0.426. The zero-order valence-electron chi connectivity index (χ0n) is 11.8. The molecule has 2 aliphatic heterocycles. The maximum atomic E-state index is 12.3. The van der Waals surface area contributed by atoms with Gasteiger partial charge in [-0.1, -0.05) is 0 Å². The molecule has 10 heteroatoms. The maximum absolute atomic E-state index is 12.3. The van der Waals surface area contributed by atoms with E-state index < -0.39 is 31.7 Å². The van der Waals surface area contributed by atoms with Crippen LogP contribution < -0.4 is 4.72 Å². The van der Waals surface area contributed by atoms with Gasteiger partial charge in [0.05, 0.1) is 29.3 Å². The molecule has 3 heterocycles. The molecule has 122 valence electrons. The van der Waals surface area contributed by atoms with E-state index in [4.69, 9.17) is 4.74 Å². The van der Waals surface area contributed by atoms with Crippen LogP contribution in [0.4, 0.5) is 0 Å². The molecule has 2 N–H and O–H groups in total. The number of sulfone groups is 1. The van der Waals surface area contributed by atoms with Crippen molar-refractivity contribution in [1.29, 1.82) is 0 Å². The molecule has 1 aromatic rings. The van der Waals surface area contributed by atoms with Crippen LogP contribution >= 0.6 is 0 Å². The van der Waals surface area contributed by atoms with Crippen LogP contribution in [0, 0.1) is 5.92 Å². The lowest BCUT2D eigenvalue weighted by Gasteiger charge is -2.10. The Bertz CT molecular complexity index is 824. The highest BCUT2D eigenvalue weighted by Gasteiger charge is 2.36. The second kappa shape index (κ2) is 5.07. The fourth-order valence-corrected chi connectivity index (χ4v) is 5.64. The largest absolute Gasteiger partial charge is 0.378 e. The van der Waals surface area contributed by atoms with Gasteiger partial charge >= 0.3 is 0 Å². The van der Waals surface area contributed by atoms with Crippen LogP contribution in [0.5, 0.6) is 0 Å². The summed E-state index contributed by atoms with van der Waals surface area (Å²) in [4.78, 5) is 14.5. The van der Waals surface area contributed by atoms with Crippen molar-refractivity contribution >= 4 is 25.8 Å². The number of aromatic amines is 1. The molecule has 1 aromatic heterocycles. The minimum Gasteiger partial charge on any atom is -0.378 e. The van der Waals surface area contributed by atoms with Crippen molar-refractivity contribution in [3.05, 3.63) is 11.8 Å². The van der Waals surface area contributed by atoms with Gasteiger partial charge < -0.3 is 9.72 Å². The van der Waals surface area contributed by atoms with Crippen molar-refractivity contribution in [2.75, 3.05) is 12.4 Å². The lowest BCUT2D eigenvalue weighted by atomic mass is 10.1. The standard InChI is InChI=1S/C12H16N2O6S2/c1-7-4-8(6-20-7)11(15)14-22(18,19)12-9-2-3-21(16,17)10(9)5-13-12/h5,7-8,13H,2-4,6H2,1H3,(H,14,15). The Kier molecular flexibility index (Phi) is 3.57. The summed E-state index contributed by atoms with van der Waals surface area (Å²) >= 11 is 0. The highest BCUT2D eigenvalue weighted by Crippen LogP contribution is 2.31. The number of nitrogens with one attached hydrogen (secondary N) is 2. The first kappa shape index (κ1) is 15.5. The monoisotopic (exact) mass is 348 g/mol. The molecule has 22 heavy (non-hydrogen) atoms. The van der Waals surface area contributed by atoms with Crippen LogP contribution in [0.1, 0.15) is 18.9 Å². The molecular formula is C12H16N2O6S2. The summed E-state index contributed by atoms with van der Waals surface area (Å²) in [6, 6.07) is 0. The third-order valence-electron chi connectivity index (χ3n) is 3.93. The molecule has 0 saturated carbocycles. The maximum Gasteiger partial charge on any atom is 0.279 e. The Labute approximate surface area is 128 Å². The number of H-pyrrole nitrogens is 1. The van der Waals surface area contributed by atoms with E-state index in [1.54, 1.807) is 0 Å². The van der Waals surface area contributed by atoms with Crippen molar-refractivity contribution in [1.82, 2.24) is 9.71 Å². The summed E-state index contributed by atoms with van der Waals surface area (Å²) in [6.07, 6.45) is 1.66. The number of sulfonamides is 1. The summed E-state index contributed by atoms with van der Waals surface area (Å²) in [7, 11) is -7.55. The quantitative estimate of drug-likeness (QED) is 0.764.